The van der Waals surface area contributed by atoms with E-state index in [1.165, 1.54) is 104 Å². The first-order valence-electron chi connectivity index (χ1n) is 29.9. The van der Waals surface area contributed by atoms with Crippen LogP contribution in [0.3, 0.4) is 0 Å². The van der Waals surface area contributed by atoms with Crippen LogP contribution in [0.4, 0.5) is 0 Å². The van der Waals surface area contributed by atoms with E-state index in [4.69, 9.17) is 4.74 Å². The molecule has 3 aromatic heterocycles. The summed E-state index contributed by atoms with van der Waals surface area (Å²) < 4.78 is 15.5. The van der Waals surface area contributed by atoms with Gasteiger partial charge < -0.3 is 18.4 Å². The van der Waals surface area contributed by atoms with Gasteiger partial charge in [0.2, 0.25) is 0 Å². The summed E-state index contributed by atoms with van der Waals surface area (Å²) in [5, 5.41) is 7.33. The zero-order valence-electron chi connectivity index (χ0n) is 47.8. The number of nitrogens with zero attached hydrogens (tertiary/aromatic N) is 3. The number of hydrogen-bond donors (Lipinski definition) is 0. The molecule has 2 aliphatic heterocycles. The maximum Gasteiger partial charge on any atom is 0.256 e. The number of rotatable bonds is 7. The van der Waals surface area contributed by atoms with Gasteiger partial charge in [0.1, 0.15) is 11.5 Å². The minimum Gasteiger partial charge on any atom is -0.458 e. The van der Waals surface area contributed by atoms with Crippen LogP contribution in [0.25, 0.3) is 138 Å². The molecule has 0 radical (unpaired) electrons. The third kappa shape index (κ3) is 7.06. The molecule has 18 rings (SSSR count). The molecule has 0 N–H and O–H groups in total. The van der Waals surface area contributed by atoms with Gasteiger partial charge in [0.15, 0.2) is 0 Å². The first kappa shape index (κ1) is 48.6. The monoisotopic (exact) mass is 1100 g/mol. The van der Waals surface area contributed by atoms with Crippen LogP contribution in [0, 0.1) is 20.8 Å². The lowest BCUT2D eigenvalue weighted by Gasteiger charge is -2.35. The molecule has 0 amide bonds. The second-order valence-electron chi connectivity index (χ2n) is 23.7. The fraction of sp³-hybridized carbons (Fsp3) is 0.0370. The number of fused-ring (bicyclic) bond motifs is 13. The Morgan fingerprint density at radius 1 is 0.314 bits per heavy atom. The third-order valence-electron chi connectivity index (χ3n) is 18.7. The van der Waals surface area contributed by atoms with Crippen LogP contribution in [0.15, 0.2) is 273 Å². The summed E-state index contributed by atoms with van der Waals surface area (Å²) in [6.45, 7) is 6.47. The Labute approximate surface area is 498 Å². The van der Waals surface area contributed by atoms with Crippen LogP contribution in [-0.2, 0) is 0 Å². The number of hydrogen-bond acceptors (Lipinski definition) is 1. The molecule has 13 aromatic carbocycles. The van der Waals surface area contributed by atoms with Crippen molar-refractivity contribution in [2.24, 2.45) is 0 Å². The van der Waals surface area contributed by atoms with Crippen LogP contribution < -0.4 is 21.1 Å². The average molecular weight is 1100 g/mol. The van der Waals surface area contributed by atoms with Gasteiger partial charge in [0.05, 0.1) is 27.6 Å². The fourth-order valence-corrected chi connectivity index (χ4v) is 15.4. The van der Waals surface area contributed by atoms with Crippen LogP contribution in [0.2, 0.25) is 0 Å². The molecule has 0 atom stereocenters. The van der Waals surface area contributed by atoms with Crippen LogP contribution in [0.1, 0.15) is 16.7 Å². The van der Waals surface area contributed by atoms with Crippen LogP contribution in [0.5, 0.6) is 11.5 Å². The Morgan fingerprint density at radius 3 is 1.37 bits per heavy atom. The van der Waals surface area contributed by atoms with Crippen molar-refractivity contribution in [1.29, 1.82) is 0 Å². The van der Waals surface area contributed by atoms with Gasteiger partial charge in [-0.25, -0.2) is 0 Å². The highest BCUT2D eigenvalue weighted by molar-refractivity contribution is 6.99. The van der Waals surface area contributed by atoms with E-state index in [2.05, 4.69) is 307 Å². The van der Waals surface area contributed by atoms with Gasteiger partial charge >= 0.3 is 0 Å². The highest BCUT2D eigenvalue weighted by Crippen LogP contribution is 2.48. The number of aryl methyl sites for hydroxylation is 3. The topological polar surface area (TPSA) is 24.0 Å². The second kappa shape index (κ2) is 18.6. The number of para-hydroxylation sites is 4. The smallest absolute Gasteiger partial charge is 0.256 e. The fourth-order valence-electron chi connectivity index (χ4n) is 15.4. The molecule has 0 aliphatic carbocycles. The van der Waals surface area contributed by atoms with Crippen LogP contribution in [-0.4, -0.2) is 20.4 Å². The SMILES string of the molecule is Cc1cc(C)c(-c2cc3c4c(c2)-n2c5ccc(-n6c7ccccc7c7ccccc76)cc5c5cc(-n6c7ccccc7c7ccccc76)cc(c52)B4c2cc(-c4ccccc4-c4ccccc4)cc(-c4ccccc4-c4ccccc4)c2O3)c(C)c1. The molecule has 0 fully saturated rings. The third-order valence-corrected chi connectivity index (χ3v) is 18.7. The molecular weight excluding hydrogens is 1040 g/mol. The van der Waals surface area contributed by atoms with E-state index in [1.54, 1.807) is 0 Å². The van der Waals surface area contributed by atoms with E-state index >= 15 is 0 Å². The standard InChI is InChI=1S/C81H54BN3O/c1-49-40-50(2)78(51(3)41-49)55-44-76-79-77(45-55)86-81-68(61-29-13-12-27-59(61)53-24-8-5-9-25-53)42-54(60-28-11-10-26-58(60)52-22-6-4-7-23-52)43-70(81)82(79)69-48-57(84-73-36-20-16-32-64(73)65-33-17-21-37-74(65)84)47-67-66-46-56(38-39-75(66)85(76)80(67)69)83-71-34-18-14-30-62(71)63-31-15-19-35-72(63)83/h4-48H,1-3H3. The van der Waals surface area contributed by atoms with Crippen molar-refractivity contribution in [1.82, 2.24) is 13.7 Å². The van der Waals surface area contributed by atoms with E-state index in [9.17, 15) is 0 Å². The predicted molar refractivity (Wildman–Crippen MR) is 362 cm³/mol. The van der Waals surface area contributed by atoms with Crippen molar-refractivity contribution in [3.63, 3.8) is 0 Å². The molecule has 4 nitrogen and oxygen atoms in total. The van der Waals surface area contributed by atoms with Gasteiger partial charge in [-0.3, -0.25) is 0 Å². The molecular formula is C81H54BN3O. The summed E-state index contributed by atoms with van der Waals surface area (Å²) in [5.41, 5.74) is 29.2. The largest absolute Gasteiger partial charge is 0.458 e. The quantitative estimate of drug-likeness (QED) is 0.146. The summed E-state index contributed by atoms with van der Waals surface area (Å²) in [5.74, 6) is 1.75. The molecule has 16 aromatic rings. The van der Waals surface area contributed by atoms with E-state index in [0.717, 1.165) is 78.4 Å². The van der Waals surface area contributed by atoms with Crippen LogP contribution >= 0.6 is 0 Å². The van der Waals surface area contributed by atoms with Crippen molar-refractivity contribution in [2.45, 2.75) is 20.8 Å². The highest BCUT2D eigenvalue weighted by Gasteiger charge is 2.43. The molecule has 2 aliphatic rings. The minimum atomic E-state index is -0.256. The first-order valence-corrected chi connectivity index (χ1v) is 29.9. The maximum absolute atomic E-state index is 7.92. The van der Waals surface area contributed by atoms with E-state index in [-0.39, 0.29) is 6.71 Å². The highest BCUT2D eigenvalue weighted by atomic mass is 16.5. The minimum absolute atomic E-state index is 0.256. The van der Waals surface area contributed by atoms with Gasteiger partial charge in [-0.2, -0.15) is 0 Å². The molecule has 0 saturated carbocycles. The van der Waals surface area contributed by atoms with Crippen molar-refractivity contribution in [2.75, 3.05) is 0 Å². The molecule has 0 unspecified atom stereocenters. The molecule has 86 heavy (non-hydrogen) atoms. The molecule has 402 valence electrons. The van der Waals surface area contributed by atoms with Gasteiger partial charge in [-0.05, 0) is 171 Å². The lowest BCUT2D eigenvalue weighted by molar-refractivity contribution is 0.489. The summed E-state index contributed by atoms with van der Waals surface area (Å²) >= 11 is 0. The molecule has 0 spiro atoms. The average Bonchev–Trinajstić information content (AvgIpc) is 1.83. The summed E-state index contributed by atoms with van der Waals surface area (Å²) in [6, 6.07) is 102. The van der Waals surface area contributed by atoms with Gasteiger partial charge in [0, 0.05) is 60.5 Å². The number of benzene rings is 13. The Balaban J connectivity index is 1.01. The summed E-state index contributed by atoms with van der Waals surface area (Å²) in [7, 11) is 0. The Morgan fingerprint density at radius 2 is 0.791 bits per heavy atom. The van der Waals surface area contributed by atoms with E-state index in [0.29, 0.717) is 0 Å². The van der Waals surface area contributed by atoms with Crippen molar-refractivity contribution >= 4 is 88.5 Å². The van der Waals surface area contributed by atoms with Gasteiger partial charge in [0.25, 0.3) is 6.71 Å². The Kier molecular flexibility index (Phi) is 10.5. The zero-order valence-corrected chi connectivity index (χ0v) is 47.8. The summed E-state index contributed by atoms with van der Waals surface area (Å²) in [4.78, 5) is 0. The molecule has 0 saturated heterocycles. The van der Waals surface area contributed by atoms with Crippen molar-refractivity contribution < 1.29 is 4.74 Å². The van der Waals surface area contributed by atoms with E-state index in [1.807, 2.05) is 0 Å². The lowest BCUT2D eigenvalue weighted by Crippen LogP contribution is -2.58. The lowest BCUT2D eigenvalue weighted by atomic mass is 9.34. The maximum atomic E-state index is 7.92. The summed E-state index contributed by atoms with van der Waals surface area (Å²) in [6.07, 6.45) is 0. The van der Waals surface area contributed by atoms with Crippen molar-refractivity contribution in [3.05, 3.63) is 290 Å². The zero-order chi connectivity index (χ0) is 56.9. The first-order chi connectivity index (χ1) is 42.4. The van der Waals surface area contributed by atoms with E-state index < -0.39 is 0 Å². The molecule has 5 heterocycles. The Bertz CT molecular complexity index is 5420. The number of ether oxygens (including phenoxy) is 1. The molecule has 5 heteroatoms. The van der Waals surface area contributed by atoms with Gasteiger partial charge in [-0.1, -0.05) is 206 Å². The number of aromatic nitrogens is 3. The normalized spacial score (nSPS) is 12.4. The van der Waals surface area contributed by atoms with Crippen molar-refractivity contribution in [3.8, 4) is 84.2 Å². The second-order valence-corrected chi connectivity index (χ2v) is 23.7. The predicted octanol–water partition coefficient (Wildman–Crippen LogP) is 19.2. The molecule has 0 bridgehead atoms. The van der Waals surface area contributed by atoms with Gasteiger partial charge in [-0.15, -0.1) is 0 Å². The Hall–Kier alpha value is -10.9.